The lowest BCUT2D eigenvalue weighted by molar-refractivity contribution is -0.114. The van der Waals surface area contributed by atoms with Gasteiger partial charge in [-0.25, -0.2) is 0 Å². The first kappa shape index (κ1) is 22.9. The van der Waals surface area contributed by atoms with Crippen LogP contribution in [0, 0.1) is 5.41 Å². The first-order chi connectivity index (χ1) is 17.0. The largest absolute Gasteiger partial charge is 0.491 e. The molecule has 0 radical (unpaired) electrons. The van der Waals surface area contributed by atoms with E-state index in [4.69, 9.17) is 10.1 Å². The average Bonchev–Trinajstić information content (AvgIpc) is 3.49. The molecule has 176 valence electrons. The van der Waals surface area contributed by atoms with Crippen LogP contribution in [0.15, 0.2) is 88.9 Å². The molecule has 0 aliphatic carbocycles. The fraction of sp³-hybridized carbons (Fsp3) is 0.179. The molecule has 6 nitrogen and oxygen atoms in total. The van der Waals surface area contributed by atoms with Crippen LogP contribution in [-0.2, 0) is 11.3 Å². The number of carbonyl (C=O) groups is 1. The van der Waals surface area contributed by atoms with Crippen molar-refractivity contribution >= 4 is 40.4 Å². The topological polar surface area (TPSA) is 70.7 Å². The van der Waals surface area contributed by atoms with E-state index in [1.165, 1.54) is 17.3 Å². The van der Waals surface area contributed by atoms with Gasteiger partial charge in [0.2, 0.25) is 0 Å². The Labute approximate surface area is 209 Å². The molecule has 7 heteroatoms. The molecule has 2 aliphatic heterocycles. The predicted molar refractivity (Wildman–Crippen MR) is 142 cm³/mol. The normalized spacial score (nSPS) is 16.5. The van der Waals surface area contributed by atoms with Gasteiger partial charge in [0.15, 0.2) is 5.17 Å². The summed E-state index contributed by atoms with van der Waals surface area (Å²) in [5.41, 5.74) is 4.11. The van der Waals surface area contributed by atoms with Crippen molar-refractivity contribution in [2.24, 2.45) is 4.99 Å². The maximum absolute atomic E-state index is 12.8. The van der Waals surface area contributed by atoms with Gasteiger partial charge in [0.25, 0.3) is 5.91 Å². The number of carbonyl (C=O) groups excluding carboxylic acids is 1. The van der Waals surface area contributed by atoms with Crippen LogP contribution in [0.3, 0.4) is 0 Å². The van der Waals surface area contributed by atoms with Gasteiger partial charge in [-0.3, -0.25) is 15.1 Å². The van der Waals surface area contributed by atoms with Gasteiger partial charge in [0.1, 0.15) is 18.2 Å². The Kier molecular flexibility index (Phi) is 6.42. The monoisotopic (exact) mass is 482 g/mol. The van der Waals surface area contributed by atoms with E-state index in [1.54, 1.807) is 11.0 Å². The number of aromatic nitrogens is 1. The Morgan fingerprint density at radius 1 is 1.06 bits per heavy atom. The number of hydrogen-bond acceptors (Lipinski definition) is 4. The molecule has 0 saturated carbocycles. The highest BCUT2D eigenvalue weighted by atomic mass is 32.2. The fourth-order valence-corrected chi connectivity index (χ4v) is 5.06. The second-order valence-corrected chi connectivity index (χ2v) is 9.43. The minimum absolute atomic E-state index is 0.134. The number of para-hydroxylation sites is 1. The molecule has 35 heavy (non-hydrogen) atoms. The third-order valence-corrected chi connectivity index (χ3v) is 6.80. The molecule has 3 aromatic rings. The van der Waals surface area contributed by atoms with E-state index in [2.05, 4.69) is 24.9 Å². The van der Waals surface area contributed by atoms with Crippen LogP contribution < -0.4 is 4.74 Å². The van der Waals surface area contributed by atoms with Crippen LogP contribution in [0.5, 0.6) is 5.75 Å². The maximum atomic E-state index is 12.8. The number of benzene rings is 2. The summed E-state index contributed by atoms with van der Waals surface area (Å²) < 4.78 is 8.11. The van der Waals surface area contributed by atoms with Crippen molar-refractivity contribution in [2.75, 3.05) is 6.61 Å². The number of aliphatic imine (C=N–C) groups is 1. The highest BCUT2D eigenvalue weighted by molar-refractivity contribution is 8.17. The molecule has 0 unspecified atom stereocenters. The third-order valence-electron chi connectivity index (χ3n) is 5.97. The van der Waals surface area contributed by atoms with E-state index in [-0.39, 0.29) is 11.4 Å². The predicted octanol–water partition coefficient (Wildman–Crippen LogP) is 5.99. The molecule has 1 amide bonds. The summed E-state index contributed by atoms with van der Waals surface area (Å²) in [6.07, 6.45) is 3.70. The van der Waals surface area contributed by atoms with Crippen molar-refractivity contribution in [1.82, 2.24) is 9.47 Å². The van der Waals surface area contributed by atoms with Gasteiger partial charge in [-0.05, 0) is 41.3 Å². The summed E-state index contributed by atoms with van der Waals surface area (Å²) in [6.45, 7) is 5.41. The fourth-order valence-electron chi connectivity index (χ4n) is 4.17. The van der Waals surface area contributed by atoms with Gasteiger partial charge in [-0.15, -0.1) is 0 Å². The van der Waals surface area contributed by atoms with Crippen LogP contribution in [0.1, 0.15) is 36.6 Å². The smallest absolute Gasteiger partial charge is 0.283 e. The summed E-state index contributed by atoms with van der Waals surface area (Å²) in [7, 11) is 0. The highest BCUT2D eigenvalue weighted by Crippen LogP contribution is 2.37. The number of amidine groups is 2. The second kappa shape index (κ2) is 9.80. The lowest BCUT2D eigenvalue weighted by Gasteiger charge is -2.27. The van der Waals surface area contributed by atoms with E-state index in [0.29, 0.717) is 24.2 Å². The van der Waals surface area contributed by atoms with E-state index in [0.717, 1.165) is 22.7 Å². The average molecular weight is 483 g/mol. The van der Waals surface area contributed by atoms with Gasteiger partial charge >= 0.3 is 0 Å². The molecule has 2 aromatic carbocycles. The summed E-state index contributed by atoms with van der Waals surface area (Å²) in [5.74, 6) is 1.01. The Balaban J connectivity index is 1.35. The minimum atomic E-state index is -0.397. The standard InChI is InChI=1S/C28H26N4O2S/c1-19(2)22-12-6-7-13-25(22)34-16-15-31-14-8-11-21(31)17-23-26(29)32-24(20-9-4-3-5-10-20)18-35-28(32)30-27(23)33/h3-14,17-19,29H,15-16H2,1-2H3/b23-17+,29-26?. The molecule has 0 bridgehead atoms. The molecule has 2 aliphatic rings. The third kappa shape index (κ3) is 4.59. The quantitative estimate of drug-likeness (QED) is 0.420. The Hall–Kier alpha value is -3.84. The molecule has 0 fully saturated rings. The number of fused-ring (bicyclic) bond motifs is 1. The van der Waals surface area contributed by atoms with Crippen molar-refractivity contribution in [1.29, 1.82) is 5.41 Å². The Morgan fingerprint density at radius 2 is 1.83 bits per heavy atom. The molecule has 5 rings (SSSR count). The van der Waals surface area contributed by atoms with Crippen LogP contribution in [0.4, 0.5) is 0 Å². The molecule has 0 saturated heterocycles. The van der Waals surface area contributed by atoms with Crippen LogP contribution in [-0.4, -0.2) is 33.0 Å². The summed E-state index contributed by atoms with van der Waals surface area (Å²) in [5, 5.41) is 11.3. The molecule has 3 heterocycles. The first-order valence-corrected chi connectivity index (χ1v) is 12.4. The number of amides is 1. The summed E-state index contributed by atoms with van der Waals surface area (Å²) >= 11 is 1.37. The van der Waals surface area contributed by atoms with Crippen molar-refractivity contribution in [3.05, 3.63) is 101 Å². The lowest BCUT2D eigenvalue weighted by Crippen LogP contribution is -2.38. The van der Waals surface area contributed by atoms with E-state index < -0.39 is 5.91 Å². The zero-order valence-corrected chi connectivity index (χ0v) is 20.5. The van der Waals surface area contributed by atoms with Gasteiger partial charge in [0.05, 0.1) is 17.8 Å². The van der Waals surface area contributed by atoms with Gasteiger partial charge in [-0.1, -0.05) is 74.1 Å². The Bertz CT molecular complexity index is 1370. The second-order valence-electron chi connectivity index (χ2n) is 8.60. The number of thioether (sulfide) groups is 1. The van der Waals surface area contributed by atoms with Crippen LogP contribution in [0.2, 0.25) is 0 Å². The van der Waals surface area contributed by atoms with Crippen molar-refractivity contribution < 1.29 is 9.53 Å². The molecule has 0 atom stereocenters. The SMILES string of the molecule is CC(C)c1ccccc1OCCn1cccc1/C=C1\C(=N)N2C(c3ccccc3)=CSC2=NC1=O. The number of rotatable bonds is 7. The van der Waals surface area contributed by atoms with Gasteiger partial charge in [-0.2, -0.15) is 4.99 Å². The molecule has 1 aromatic heterocycles. The van der Waals surface area contributed by atoms with Gasteiger partial charge in [0, 0.05) is 17.3 Å². The van der Waals surface area contributed by atoms with E-state index in [9.17, 15) is 4.79 Å². The van der Waals surface area contributed by atoms with Gasteiger partial charge < -0.3 is 9.30 Å². The number of ether oxygens (including phenoxy) is 1. The van der Waals surface area contributed by atoms with E-state index >= 15 is 0 Å². The van der Waals surface area contributed by atoms with E-state index in [1.807, 2.05) is 76.8 Å². The molecule has 1 N–H and O–H groups in total. The zero-order chi connectivity index (χ0) is 24.4. The molecule has 0 spiro atoms. The summed E-state index contributed by atoms with van der Waals surface area (Å²) in [6, 6.07) is 21.8. The lowest BCUT2D eigenvalue weighted by atomic mass is 10.0. The minimum Gasteiger partial charge on any atom is -0.491 e. The van der Waals surface area contributed by atoms with Crippen molar-refractivity contribution in [3.63, 3.8) is 0 Å². The Morgan fingerprint density at radius 3 is 2.63 bits per heavy atom. The van der Waals surface area contributed by atoms with Crippen LogP contribution >= 0.6 is 11.8 Å². The summed E-state index contributed by atoms with van der Waals surface area (Å²) in [4.78, 5) is 18.8. The zero-order valence-electron chi connectivity index (χ0n) is 19.6. The number of nitrogens with one attached hydrogen (secondary N) is 1. The number of hydrogen-bond donors (Lipinski definition) is 1. The van der Waals surface area contributed by atoms with Crippen molar-refractivity contribution in [2.45, 2.75) is 26.3 Å². The number of nitrogens with zero attached hydrogens (tertiary/aromatic N) is 3. The molecular weight excluding hydrogens is 456 g/mol. The van der Waals surface area contributed by atoms with Crippen molar-refractivity contribution in [3.8, 4) is 5.75 Å². The molecular formula is C28H26N4O2S. The highest BCUT2D eigenvalue weighted by Gasteiger charge is 2.36. The maximum Gasteiger partial charge on any atom is 0.283 e. The van der Waals surface area contributed by atoms with Crippen LogP contribution in [0.25, 0.3) is 11.8 Å². The first-order valence-electron chi connectivity index (χ1n) is 11.6.